The van der Waals surface area contributed by atoms with Crippen molar-refractivity contribution in [3.8, 4) is 0 Å². The van der Waals surface area contributed by atoms with E-state index in [1.54, 1.807) is 0 Å². The molecule has 1 nitrogen and oxygen atoms in total. The maximum atomic E-state index is 13.3. The van der Waals surface area contributed by atoms with Gasteiger partial charge in [0.25, 0.3) is 0 Å². The van der Waals surface area contributed by atoms with Crippen LogP contribution in [0.5, 0.6) is 0 Å². The van der Waals surface area contributed by atoms with Crippen molar-refractivity contribution in [2.45, 2.75) is 24.9 Å². The monoisotopic (exact) mass is 273 g/mol. The fraction of sp³-hybridized carbons (Fsp3) is 0.571. The lowest BCUT2D eigenvalue weighted by Crippen LogP contribution is -2.15. The molecule has 2 fully saturated rings. The molecule has 19 heavy (non-hydrogen) atoms. The topological polar surface area (TPSA) is 12.0 Å². The van der Waals surface area contributed by atoms with E-state index in [0.29, 0.717) is 11.8 Å². The molecule has 5 heteroatoms. The van der Waals surface area contributed by atoms with Crippen LogP contribution in [0.4, 0.5) is 17.6 Å². The van der Waals surface area contributed by atoms with Crippen molar-refractivity contribution in [3.63, 3.8) is 0 Å². The van der Waals surface area contributed by atoms with E-state index in [1.807, 2.05) is 0 Å². The quantitative estimate of drug-likeness (QED) is 0.771. The number of hydrogen-bond acceptors (Lipinski definition) is 1. The summed E-state index contributed by atoms with van der Waals surface area (Å²) >= 11 is 0. The number of halogens is 4. The Balaban J connectivity index is 1.94. The molecule has 0 aromatic heterocycles. The van der Waals surface area contributed by atoms with Crippen LogP contribution in [-0.2, 0) is 6.18 Å². The molecule has 1 heterocycles. The molecule has 1 aromatic carbocycles. The third-order valence-electron chi connectivity index (χ3n) is 4.41. The normalized spacial score (nSPS) is 27.8. The molecule has 104 valence electrons. The Hall–Kier alpha value is -1.10. The molecule has 0 unspecified atom stereocenters. The maximum Gasteiger partial charge on any atom is 0.416 e. The van der Waals surface area contributed by atoms with Gasteiger partial charge in [0.15, 0.2) is 0 Å². The van der Waals surface area contributed by atoms with Gasteiger partial charge in [-0.1, -0.05) is 0 Å². The van der Waals surface area contributed by atoms with Crippen molar-refractivity contribution >= 4 is 0 Å². The van der Waals surface area contributed by atoms with Crippen LogP contribution >= 0.6 is 0 Å². The van der Waals surface area contributed by atoms with E-state index >= 15 is 0 Å². The Bertz CT molecular complexity index is 471. The number of hydrogen-bond donors (Lipinski definition) is 1. The van der Waals surface area contributed by atoms with E-state index in [1.165, 1.54) is 0 Å². The van der Waals surface area contributed by atoms with Gasteiger partial charge in [0.2, 0.25) is 0 Å². The molecular formula is C14H15F4N. The number of benzene rings is 1. The summed E-state index contributed by atoms with van der Waals surface area (Å²) in [4.78, 5) is 0. The van der Waals surface area contributed by atoms with Crippen LogP contribution in [0.2, 0.25) is 0 Å². The van der Waals surface area contributed by atoms with E-state index in [-0.39, 0.29) is 11.5 Å². The highest BCUT2D eigenvalue weighted by Crippen LogP contribution is 2.47. The van der Waals surface area contributed by atoms with Gasteiger partial charge in [0.1, 0.15) is 5.82 Å². The van der Waals surface area contributed by atoms with Crippen molar-refractivity contribution in [2.75, 3.05) is 13.1 Å². The SMILES string of the molecule is Fc1ccc(C(F)(F)F)c(C2C[C@H]3CNC[C@@H]3C2)c1. The number of fused-ring (bicyclic) bond motifs is 1. The summed E-state index contributed by atoms with van der Waals surface area (Å²) in [5.74, 6) is 0.131. The minimum Gasteiger partial charge on any atom is -0.316 e. The smallest absolute Gasteiger partial charge is 0.316 e. The summed E-state index contributed by atoms with van der Waals surface area (Å²) in [5.41, 5.74) is -0.534. The second kappa shape index (κ2) is 4.47. The van der Waals surface area contributed by atoms with Crippen LogP contribution in [0, 0.1) is 17.7 Å². The van der Waals surface area contributed by atoms with Gasteiger partial charge in [0, 0.05) is 0 Å². The van der Waals surface area contributed by atoms with Crippen LogP contribution in [-0.4, -0.2) is 13.1 Å². The molecule has 1 aliphatic carbocycles. The first-order valence-corrected chi connectivity index (χ1v) is 6.52. The van der Waals surface area contributed by atoms with Crippen molar-refractivity contribution < 1.29 is 17.6 Å². The summed E-state index contributed by atoms with van der Waals surface area (Å²) in [5, 5.41) is 3.26. The minimum absolute atomic E-state index is 0.141. The third kappa shape index (κ3) is 2.36. The maximum absolute atomic E-state index is 13.3. The fourth-order valence-electron chi connectivity index (χ4n) is 3.55. The highest BCUT2D eigenvalue weighted by molar-refractivity contribution is 5.34. The molecule has 0 bridgehead atoms. The average molecular weight is 273 g/mol. The van der Waals surface area contributed by atoms with Gasteiger partial charge in [-0.2, -0.15) is 13.2 Å². The Morgan fingerprint density at radius 2 is 1.68 bits per heavy atom. The molecular weight excluding hydrogens is 258 g/mol. The molecule has 1 saturated carbocycles. The lowest BCUT2D eigenvalue weighted by atomic mass is 9.91. The first-order chi connectivity index (χ1) is 8.95. The average Bonchev–Trinajstić information content (AvgIpc) is 2.86. The molecule has 1 aromatic rings. The summed E-state index contributed by atoms with van der Waals surface area (Å²) in [6, 6.07) is 2.84. The van der Waals surface area contributed by atoms with E-state index in [9.17, 15) is 17.6 Å². The molecule has 1 aliphatic heterocycles. The van der Waals surface area contributed by atoms with Crippen molar-refractivity contribution in [1.82, 2.24) is 5.32 Å². The van der Waals surface area contributed by atoms with Crippen molar-refractivity contribution in [1.29, 1.82) is 0 Å². The summed E-state index contributed by atoms with van der Waals surface area (Å²) in [7, 11) is 0. The van der Waals surface area contributed by atoms with E-state index < -0.39 is 17.6 Å². The first kappa shape index (κ1) is 12.9. The molecule has 0 spiro atoms. The molecule has 1 N–H and O–H groups in total. The highest BCUT2D eigenvalue weighted by atomic mass is 19.4. The van der Waals surface area contributed by atoms with E-state index in [4.69, 9.17) is 0 Å². The molecule has 2 atom stereocenters. The van der Waals surface area contributed by atoms with E-state index in [2.05, 4.69) is 5.32 Å². The Morgan fingerprint density at radius 1 is 1.05 bits per heavy atom. The third-order valence-corrected chi connectivity index (χ3v) is 4.41. The van der Waals surface area contributed by atoms with Gasteiger partial charge in [-0.15, -0.1) is 0 Å². The zero-order valence-corrected chi connectivity index (χ0v) is 10.3. The van der Waals surface area contributed by atoms with E-state index in [0.717, 1.165) is 44.1 Å². The fourth-order valence-corrected chi connectivity index (χ4v) is 3.55. The molecule has 1 saturated heterocycles. The van der Waals surface area contributed by atoms with Crippen LogP contribution in [0.3, 0.4) is 0 Å². The first-order valence-electron chi connectivity index (χ1n) is 6.52. The zero-order valence-electron chi connectivity index (χ0n) is 10.3. The summed E-state index contributed by atoms with van der Waals surface area (Å²) < 4.78 is 52.3. The van der Waals surface area contributed by atoms with Crippen molar-refractivity contribution in [2.24, 2.45) is 11.8 Å². The van der Waals surface area contributed by atoms with Crippen LogP contribution in [0.15, 0.2) is 18.2 Å². The van der Waals surface area contributed by atoms with Crippen molar-refractivity contribution in [3.05, 3.63) is 35.1 Å². The number of alkyl halides is 3. The zero-order chi connectivity index (χ0) is 13.6. The molecule has 2 aliphatic rings. The second-order valence-electron chi connectivity index (χ2n) is 5.58. The largest absolute Gasteiger partial charge is 0.416 e. The van der Waals surface area contributed by atoms with Gasteiger partial charge in [-0.3, -0.25) is 0 Å². The molecule has 0 amide bonds. The minimum atomic E-state index is -4.40. The lowest BCUT2D eigenvalue weighted by Gasteiger charge is -2.18. The Morgan fingerprint density at radius 3 is 2.26 bits per heavy atom. The second-order valence-corrected chi connectivity index (χ2v) is 5.58. The van der Waals surface area contributed by atoms with Gasteiger partial charge >= 0.3 is 6.18 Å². The van der Waals surface area contributed by atoms with Gasteiger partial charge in [-0.05, 0) is 67.4 Å². The molecule has 0 radical (unpaired) electrons. The van der Waals surface area contributed by atoms with Crippen LogP contribution < -0.4 is 5.32 Å². The summed E-state index contributed by atoms with van der Waals surface area (Å²) in [6.07, 6.45) is -2.95. The predicted octanol–water partition coefficient (Wildman–Crippen LogP) is 3.56. The number of rotatable bonds is 1. The standard InChI is InChI=1S/C14H15F4N/c15-11-1-2-13(14(16,17)18)12(5-11)8-3-9-6-19-7-10(9)4-8/h1-2,5,8-10,19H,3-4,6-7H2/t9-,10-/m0/s1. The van der Waals surface area contributed by atoms with Gasteiger partial charge in [-0.25, -0.2) is 4.39 Å². The lowest BCUT2D eigenvalue weighted by molar-refractivity contribution is -0.138. The highest BCUT2D eigenvalue weighted by Gasteiger charge is 2.42. The molecule has 3 rings (SSSR count). The Labute approximate surface area is 109 Å². The van der Waals surface area contributed by atoms with Gasteiger partial charge in [0.05, 0.1) is 5.56 Å². The van der Waals surface area contributed by atoms with Gasteiger partial charge < -0.3 is 5.32 Å². The number of nitrogens with one attached hydrogen (secondary N) is 1. The van der Waals surface area contributed by atoms with Crippen LogP contribution in [0.1, 0.15) is 29.9 Å². The summed E-state index contributed by atoms with van der Waals surface area (Å²) in [6.45, 7) is 1.75. The Kier molecular flexibility index (Phi) is 3.04. The predicted molar refractivity (Wildman–Crippen MR) is 63.2 cm³/mol. The van der Waals surface area contributed by atoms with Crippen LogP contribution in [0.25, 0.3) is 0 Å².